The Hall–Kier alpha value is -2.37. The number of anilines is 1. The molecule has 2 heterocycles. The van der Waals surface area contributed by atoms with Crippen LogP contribution in [0.3, 0.4) is 0 Å². The molecular weight excluding hydrogens is 258 g/mol. The van der Waals surface area contributed by atoms with E-state index in [-0.39, 0.29) is 10.6 Å². The quantitative estimate of drug-likeness (QED) is 0.364. The molecule has 1 aromatic carbocycles. The van der Waals surface area contributed by atoms with Gasteiger partial charge in [-0.3, -0.25) is 10.1 Å². The fourth-order valence-corrected chi connectivity index (χ4v) is 2.80. The van der Waals surface area contributed by atoms with Gasteiger partial charge in [-0.2, -0.15) is 4.73 Å². The van der Waals surface area contributed by atoms with Crippen molar-refractivity contribution in [3.8, 4) is 0 Å². The summed E-state index contributed by atoms with van der Waals surface area (Å²) in [5, 5.41) is 23.9. The number of aromatic nitrogens is 1. The minimum absolute atomic E-state index is 0.0367. The molecule has 0 radical (unpaired) electrons. The summed E-state index contributed by atoms with van der Waals surface area (Å²) in [6, 6.07) is 6.67. The summed E-state index contributed by atoms with van der Waals surface area (Å²) in [5.41, 5.74) is 0.804. The molecule has 6 heteroatoms. The zero-order chi connectivity index (χ0) is 14.1. The highest BCUT2D eigenvalue weighted by Gasteiger charge is 2.28. The monoisotopic (exact) mass is 273 g/mol. The Morgan fingerprint density at radius 2 is 1.85 bits per heavy atom. The third-order valence-electron chi connectivity index (χ3n) is 3.76. The minimum Gasteiger partial charge on any atom is -0.618 e. The molecule has 1 aliphatic heterocycles. The molecule has 1 fully saturated rings. The molecule has 0 atom stereocenters. The van der Waals surface area contributed by atoms with Crippen molar-refractivity contribution in [1.29, 1.82) is 0 Å². The molecule has 0 spiro atoms. The van der Waals surface area contributed by atoms with E-state index in [1.807, 2.05) is 4.90 Å². The van der Waals surface area contributed by atoms with Crippen LogP contribution in [0.25, 0.3) is 10.9 Å². The summed E-state index contributed by atoms with van der Waals surface area (Å²) in [6.45, 7) is 1.53. The molecule has 1 saturated heterocycles. The van der Waals surface area contributed by atoms with Crippen molar-refractivity contribution in [2.24, 2.45) is 0 Å². The van der Waals surface area contributed by atoms with Crippen LogP contribution in [-0.4, -0.2) is 18.0 Å². The van der Waals surface area contributed by atoms with Crippen LogP contribution in [0.15, 0.2) is 30.5 Å². The fourth-order valence-electron chi connectivity index (χ4n) is 2.80. The van der Waals surface area contributed by atoms with Gasteiger partial charge in [0, 0.05) is 19.2 Å². The maximum Gasteiger partial charge on any atom is 0.312 e. The van der Waals surface area contributed by atoms with Gasteiger partial charge in [0.05, 0.1) is 4.92 Å². The number of piperidine rings is 1. The van der Waals surface area contributed by atoms with Crippen LogP contribution in [0, 0.1) is 15.3 Å². The smallest absolute Gasteiger partial charge is 0.312 e. The van der Waals surface area contributed by atoms with Gasteiger partial charge in [0.1, 0.15) is 5.39 Å². The Balaban J connectivity index is 2.24. The standard InChI is InChI=1S/C14H15N3O3/c18-16-10-13(15-8-4-1-5-9-15)14(17(19)20)11-6-2-3-7-12(11)16/h2-3,6-7,10H,1,4-5,8-9H2. The highest BCUT2D eigenvalue weighted by Crippen LogP contribution is 2.34. The normalized spacial score (nSPS) is 15.5. The van der Waals surface area contributed by atoms with Crippen molar-refractivity contribution in [3.63, 3.8) is 0 Å². The first-order valence-corrected chi connectivity index (χ1v) is 6.73. The molecule has 0 saturated carbocycles. The highest BCUT2D eigenvalue weighted by molar-refractivity contribution is 5.91. The van der Waals surface area contributed by atoms with Gasteiger partial charge < -0.3 is 10.1 Å². The van der Waals surface area contributed by atoms with Crippen LogP contribution < -0.4 is 9.63 Å². The highest BCUT2D eigenvalue weighted by atomic mass is 16.6. The second-order valence-electron chi connectivity index (χ2n) is 5.01. The van der Waals surface area contributed by atoms with Gasteiger partial charge >= 0.3 is 5.69 Å². The number of para-hydroxylation sites is 1. The number of fused-ring (bicyclic) bond motifs is 1. The number of pyridine rings is 1. The van der Waals surface area contributed by atoms with E-state index in [1.54, 1.807) is 24.3 Å². The fraction of sp³-hybridized carbons (Fsp3) is 0.357. The second kappa shape index (κ2) is 4.96. The molecule has 0 amide bonds. The number of rotatable bonds is 2. The predicted octanol–water partition coefficient (Wildman–Crippen LogP) is 2.37. The van der Waals surface area contributed by atoms with Gasteiger partial charge in [-0.05, 0) is 25.3 Å². The van der Waals surface area contributed by atoms with Crippen LogP contribution in [0.4, 0.5) is 11.4 Å². The molecule has 0 N–H and O–H groups in total. The Morgan fingerprint density at radius 1 is 1.15 bits per heavy atom. The second-order valence-corrected chi connectivity index (χ2v) is 5.01. The molecule has 0 unspecified atom stereocenters. The predicted molar refractivity (Wildman–Crippen MR) is 75.6 cm³/mol. The summed E-state index contributed by atoms with van der Waals surface area (Å²) in [6.07, 6.45) is 4.48. The first-order chi connectivity index (χ1) is 9.68. The first kappa shape index (κ1) is 12.7. The van der Waals surface area contributed by atoms with E-state index in [1.165, 1.54) is 6.20 Å². The Bertz CT molecular complexity index is 666. The van der Waals surface area contributed by atoms with Crippen LogP contribution in [0.5, 0.6) is 0 Å². The number of hydrogen-bond acceptors (Lipinski definition) is 4. The van der Waals surface area contributed by atoms with Gasteiger partial charge in [-0.25, -0.2) is 0 Å². The van der Waals surface area contributed by atoms with E-state index >= 15 is 0 Å². The van der Waals surface area contributed by atoms with E-state index in [2.05, 4.69) is 0 Å². The van der Waals surface area contributed by atoms with Crippen LogP contribution in [0.1, 0.15) is 19.3 Å². The molecule has 0 aliphatic carbocycles. The number of nitro groups is 1. The molecule has 2 aromatic rings. The van der Waals surface area contributed by atoms with E-state index < -0.39 is 0 Å². The van der Waals surface area contributed by atoms with Gasteiger partial charge in [0.15, 0.2) is 5.69 Å². The van der Waals surface area contributed by atoms with E-state index in [0.717, 1.165) is 37.1 Å². The molecule has 20 heavy (non-hydrogen) atoms. The molecule has 1 aliphatic rings. The molecule has 1 aromatic heterocycles. The molecule has 3 rings (SSSR count). The summed E-state index contributed by atoms with van der Waals surface area (Å²) < 4.78 is 0.728. The van der Waals surface area contributed by atoms with Crippen molar-refractivity contribution in [2.45, 2.75) is 19.3 Å². The van der Waals surface area contributed by atoms with Crippen LogP contribution in [0.2, 0.25) is 0 Å². The van der Waals surface area contributed by atoms with Gasteiger partial charge in [-0.15, -0.1) is 0 Å². The topological polar surface area (TPSA) is 73.3 Å². The van der Waals surface area contributed by atoms with Crippen LogP contribution >= 0.6 is 0 Å². The van der Waals surface area contributed by atoms with Gasteiger partial charge in [0.2, 0.25) is 11.7 Å². The summed E-state index contributed by atoms with van der Waals surface area (Å²) >= 11 is 0. The average molecular weight is 273 g/mol. The SMILES string of the molecule is O=[N+]([O-])c1c(N2CCCCC2)c[n+]([O-])c2ccccc12. The Morgan fingerprint density at radius 3 is 2.55 bits per heavy atom. The van der Waals surface area contributed by atoms with Crippen LogP contribution in [-0.2, 0) is 0 Å². The van der Waals surface area contributed by atoms with Gasteiger partial charge in [0.25, 0.3) is 0 Å². The lowest BCUT2D eigenvalue weighted by Gasteiger charge is -2.27. The number of benzene rings is 1. The van der Waals surface area contributed by atoms with Crippen molar-refractivity contribution in [3.05, 3.63) is 45.8 Å². The molecule has 104 valence electrons. The van der Waals surface area contributed by atoms with Gasteiger partial charge in [-0.1, -0.05) is 12.1 Å². The maximum absolute atomic E-state index is 12.1. The van der Waals surface area contributed by atoms with E-state index in [4.69, 9.17) is 0 Å². The van der Waals surface area contributed by atoms with Crippen molar-refractivity contribution < 1.29 is 9.65 Å². The third-order valence-corrected chi connectivity index (χ3v) is 3.76. The summed E-state index contributed by atoms with van der Waals surface area (Å²) in [5.74, 6) is 0. The molecule has 6 nitrogen and oxygen atoms in total. The lowest BCUT2D eigenvalue weighted by Crippen LogP contribution is -2.34. The zero-order valence-corrected chi connectivity index (χ0v) is 11.0. The molecule has 0 bridgehead atoms. The number of hydrogen-bond donors (Lipinski definition) is 0. The largest absolute Gasteiger partial charge is 0.618 e. The van der Waals surface area contributed by atoms with Crippen molar-refractivity contribution in [2.75, 3.05) is 18.0 Å². The third kappa shape index (κ3) is 2.03. The lowest BCUT2D eigenvalue weighted by atomic mass is 10.1. The zero-order valence-electron chi connectivity index (χ0n) is 11.0. The lowest BCUT2D eigenvalue weighted by molar-refractivity contribution is -0.576. The number of nitrogens with zero attached hydrogens (tertiary/aromatic N) is 3. The summed E-state index contributed by atoms with van der Waals surface area (Å²) in [4.78, 5) is 13.0. The average Bonchev–Trinajstić information content (AvgIpc) is 2.47. The first-order valence-electron chi connectivity index (χ1n) is 6.73. The van der Waals surface area contributed by atoms with Crippen molar-refractivity contribution >= 4 is 22.3 Å². The van der Waals surface area contributed by atoms with E-state index in [9.17, 15) is 15.3 Å². The van der Waals surface area contributed by atoms with E-state index in [0.29, 0.717) is 16.6 Å². The summed E-state index contributed by atoms with van der Waals surface area (Å²) in [7, 11) is 0. The maximum atomic E-state index is 12.1. The Labute approximate surface area is 116 Å². The molecular formula is C14H15N3O3. The Kier molecular flexibility index (Phi) is 3.14. The minimum atomic E-state index is -0.383. The van der Waals surface area contributed by atoms with Crippen molar-refractivity contribution in [1.82, 2.24) is 0 Å².